The van der Waals surface area contributed by atoms with Gasteiger partial charge in [0, 0.05) is 4.47 Å². The van der Waals surface area contributed by atoms with Gasteiger partial charge < -0.3 is 10.5 Å². The van der Waals surface area contributed by atoms with Crippen LogP contribution in [0, 0.1) is 0 Å². The van der Waals surface area contributed by atoms with Crippen molar-refractivity contribution in [3.8, 4) is 5.75 Å². The van der Waals surface area contributed by atoms with Gasteiger partial charge in [-0.3, -0.25) is 0 Å². The molecule has 0 heterocycles. The first-order valence-electron chi connectivity index (χ1n) is 5.47. The van der Waals surface area contributed by atoms with Crippen molar-refractivity contribution in [3.63, 3.8) is 0 Å². The van der Waals surface area contributed by atoms with Crippen LogP contribution in [-0.2, 0) is 0 Å². The molecule has 1 aliphatic carbocycles. The second kappa shape index (κ2) is 4.88. The van der Waals surface area contributed by atoms with E-state index in [-0.39, 0.29) is 0 Å². The lowest BCUT2D eigenvalue weighted by molar-refractivity contribution is 0.156. The first-order valence-corrected chi connectivity index (χ1v) is 6.27. The number of benzene rings is 1. The first kappa shape index (κ1) is 10.8. The highest BCUT2D eigenvalue weighted by atomic mass is 79.9. The Morgan fingerprint density at radius 1 is 1.20 bits per heavy atom. The normalized spacial score (nSPS) is 17.7. The van der Waals surface area contributed by atoms with Gasteiger partial charge in [0.05, 0.1) is 11.8 Å². The molecule has 2 N–H and O–H groups in total. The highest BCUT2D eigenvalue weighted by Gasteiger charge is 2.15. The Bertz CT molecular complexity index is 334. The lowest BCUT2D eigenvalue weighted by atomic mass is 9.98. The van der Waals surface area contributed by atoms with E-state index in [1.807, 2.05) is 18.2 Å². The van der Waals surface area contributed by atoms with Crippen molar-refractivity contribution in [1.29, 1.82) is 0 Å². The van der Waals surface area contributed by atoms with Crippen LogP contribution in [0.2, 0.25) is 0 Å². The fourth-order valence-electron chi connectivity index (χ4n) is 1.99. The van der Waals surface area contributed by atoms with E-state index in [9.17, 15) is 0 Å². The van der Waals surface area contributed by atoms with Crippen LogP contribution < -0.4 is 10.5 Å². The molecule has 2 nitrogen and oxygen atoms in total. The topological polar surface area (TPSA) is 35.2 Å². The van der Waals surface area contributed by atoms with Crippen LogP contribution in [-0.4, -0.2) is 6.10 Å². The van der Waals surface area contributed by atoms with Crippen LogP contribution in [0.3, 0.4) is 0 Å². The van der Waals surface area contributed by atoms with Gasteiger partial charge in [-0.05, 0) is 43.9 Å². The molecule has 0 saturated heterocycles. The largest absolute Gasteiger partial charge is 0.488 e. The van der Waals surface area contributed by atoms with Gasteiger partial charge in [0.2, 0.25) is 0 Å². The quantitative estimate of drug-likeness (QED) is 0.831. The summed E-state index contributed by atoms with van der Waals surface area (Å²) in [6.07, 6.45) is 6.59. The van der Waals surface area contributed by atoms with E-state index in [2.05, 4.69) is 15.9 Å². The number of hydrogen-bond donors (Lipinski definition) is 1. The van der Waals surface area contributed by atoms with Crippen molar-refractivity contribution in [2.24, 2.45) is 0 Å². The van der Waals surface area contributed by atoms with E-state index >= 15 is 0 Å². The Hall–Kier alpha value is -0.700. The molecule has 0 aromatic heterocycles. The van der Waals surface area contributed by atoms with Crippen LogP contribution in [0.25, 0.3) is 0 Å². The Kier molecular flexibility index (Phi) is 3.52. The van der Waals surface area contributed by atoms with Crippen molar-refractivity contribution in [2.45, 2.75) is 38.2 Å². The fourth-order valence-corrected chi connectivity index (χ4v) is 2.37. The number of halogens is 1. The molecular formula is C12H16BrNO. The van der Waals surface area contributed by atoms with Gasteiger partial charge >= 0.3 is 0 Å². The second-order valence-electron chi connectivity index (χ2n) is 4.06. The fraction of sp³-hybridized carbons (Fsp3) is 0.500. The number of anilines is 1. The molecule has 0 amide bonds. The molecular weight excluding hydrogens is 254 g/mol. The lowest BCUT2D eigenvalue weighted by Crippen LogP contribution is -2.20. The number of ether oxygens (including phenoxy) is 1. The smallest absolute Gasteiger partial charge is 0.142 e. The van der Waals surface area contributed by atoms with Crippen molar-refractivity contribution in [1.82, 2.24) is 0 Å². The predicted molar refractivity (Wildman–Crippen MR) is 66.1 cm³/mol. The minimum absolute atomic E-state index is 0.363. The monoisotopic (exact) mass is 269 g/mol. The summed E-state index contributed by atoms with van der Waals surface area (Å²) in [5, 5.41) is 0. The van der Waals surface area contributed by atoms with Gasteiger partial charge in [0.1, 0.15) is 5.75 Å². The van der Waals surface area contributed by atoms with E-state index in [0.717, 1.165) is 28.8 Å². The zero-order chi connectivity index (χ0) is 10.7. The summed E-state index contributed by atoms with van der Waals surface area (Å²) in [5.74, 6) is 0.824. The molecule has 1 aromatic carbocycles. The van der Waals surface area contributed by atoms with Crippen LogP contribution in [0.1, 0.15) is 32.1 Å². The molecule has 0 unspecified atom stereocenters. The first-order chi connectivity index (χ1) is 7.25. The molecule has 82 valence electrons. The van der Waals surface area contributed by atoms with E-state index in [4.69, 9.17) is 10.5 Å². The van der Waals surface area contributed by atoms with Gasteiger partial charge in [-0.1, -0.05) is 22.4 Å². The average Bonchev–Trinajstić information content (AvgIpc) is 2.24. The highest BCUT2D eigenvalue weighted by molar-refractivity contribution is 9.10. The summed E-state index contributed by atoms with van der Waals surface area (Å²) in [6.45, 7) is 0. The average molecular weight is 270 g/mol. The summed E-state index contributed by atoms with van der Waals surface area (Å²) in [4.78, 5) is 0. The number of rotatable bonds is 2. The van der Waals surface area contributed by atoms with Crippen molar-refractivity contribution in [3.05, 3.63) is 22.7 Å². The lowest BCUT2D eigenvalue weighted by Gasteiger charge is -2.23. The standard InChI is InChI=1S/C12H16BrNO/c13-9-6-7-12(11(14)8-9)15-10-4-2-1-3-5-10/h6-8,10H,1-5,14H2. The van der Waals surface area contributed by atoms with Gasteiger partial charge in [-0.2, -0.15) is 0 Å². The van der Waals surface area contributed by atoms with Gasteiger partial charge in [-0.25, -0.2) is 0 Å². The number of nitrogens with two attached hydrogens (primary N) is 1. The van der Waals surface area contributed by atoms with Gasteiger partial charge in [0.25, 0.3) is 0 Å². The van der Waals surface area contributed by atoms with E-state index in [0.29, 0.717) is 6.10 Å². The summed E-state index contributed by atoms with van der Waals surface area (Å²) >= 11 is 3.39. The predicted octanol–water partition coefficient (Wildman–Crippen LogP) is 3.74. The SMILES string of the molecule is Nc1cc(Br)ccc1OC1CCCCC1. The van der Waals surface area contributed by atoms with Crippen LogP contribution in [0.4, 0.5) is 5.69 Å². The molecule has 1 fully saturated rings. The van der Waals surface area contributed by atoms with E-state index in [1.165, 1.54) is 19.3 Å². The Morgan fingerprint density at radius 2 is 1.93 bits per heavy atom. The molecule has 2 rings (SSSR count). The minimum atomic E-state index is 0.363. The van der Waals surface area contributed by atoms with Gasteiger partial charge in [-0.15, -0.1) is 0 Å². The summed E-state index contributed by atoms with van der Waals surface area (Å²) in [7, 11) is 0. The third-order valence-electron chi connectivity index (χ3n) is 2.82. The van der Waals surface area contributed by atoms with E-state index in [1.54, 1.807) is 0 Å². The molecule has 15 heavy (non-hydrogen) atoms. The molecule has 0 aliphatic heterocycles. The Balaban J connectivity index is 2.03. The van der Waals surface area contributed by atoms with Crippen molar-refractivity contribution >= 4 is 21.6 Å². The zero-order valence-electron chi connectivity index (χ0n) is 8.71. The summed E-state index contributed by atoms with van der Waals surface area (Å²) in [5.41, 5.74) is 6.60. The molecule has 1 aliphatic rings. The third-order valence-corrected chi connectivity index (χ3v) is 3.31. The van der Waals surface area contributed by atoms with Crippen LogP contribution in [0.15, 0.2) is 22.7 Å². The summed E-state index contributed by atoms with van der Waals surface area (Å²) < 4.78 is 6.89. The Morgan fingerprint density at radius 3 is 2.60 bits per heavy atom. The highest BCUT2D eigenvalue weighted by Crippen LogP contribution is 2.29. The maximum absolute atomic E-state index is 5.90. The number of hydrogen-bond acceptors (Lipinski definition) is 2. The second-order valence-corrected chi connectivity index (χ2v) is 4.98. The molecule has 1 aromatic rings. The zero-order valence-corrected chi connectivity index (χ0v) is 10.3. The van der Waals surface area contributed by atoms with Crippen LogP contribution >= 0.6 is 15.9 Å². The Labute approximate surface area is 98.9 Å². The maximum Gasteiger partial charge on any atom is 0.142 e. The number of nitrogen functional groups attached to an aromatic ring is 1. The summed E-state index contributed by atoms with van der Waals surface area (Å²) in [6, 6.07) is 5.79. The van der Waals surface area contributed by atoms with Crippen LogP contribution in [0.5, 0.6) is 5.75 Å². The minimum Gasteiger partial charge on any atom is -0.488 e. The molecule has 3 heteroatoms. The third kappa shape index (κ3) is 2.88. The molecule has 0 radical (unpaired) electrons. The van der Waals surface area contributed by atoms with Crippen molar-refractivity contribution in [2.75, 3.05) is 5.73 Å². The molecule has 1 saturated carbocycles. The van der Waals surface area contributed by atoms with E-state index < -0.39 is 0 Å². The molecule has 0 spiro atoms. The molecule has 0 bridgehead atoms. The van der Waals surface area contributed by atoms with Crippen molar-refractivity contribution < 1.29 is 4.74 Å². The molecule has 0 atom stereocenters. The maximum atomic E-state index is 5.90. The van der Waals surface area contributed by atoms with Gasteiger partial charge in [0.15, 0.2) is 0 Å².